The first-order valence-electron chi connectivity index (χ1n) is 7.85. The summed E-state index contributed by atoms with van der Waals surface area (Å²) in [5.41, 5.74) is 0.156. The zero-order valence-corrected chi connectivity index (χ0v) is 13.6. The van der Waals surface area contributed by atoms with Gasteiger partial charge in [0.15, 0.2) is 5.75 Å². The number of nitrogens with one attached hydrogen (secondary N) is 2. The number of benzene rings is 1. The minimum Gasteiger partial charge on any atom is -0.487 e. The van der Waals surface area contributed by atoms with E-state index in [0.717, 1.165) is 25.9 Å². The molecule has 1 amide bonds. The number of amides is 1. The van der Waals surface area contributed by atoms with Crippen molar-refractivity contribution >= 4 is 11.6 Å². The van der Waals surface area contributed by atoms with Gasteiger partial charge in [-0.05, 0) is 50.4 Å². The molecule has 2 N–H and O–H groups in total. The van der Waals surface area contributed by atoms with Crippen molar-refractivity contribution in [1.82, 2.24) is 10.6 Å². The van der Waals surface area contributed by atoms with Gasteiger partial charge in [-0.2, -0.15) is 0 Å². The SMILES string of the molecule is CCOc1ccc(C(=O)NCC2(C)CCNCC2)cc1[N+](=O)[O-]. The van der Waals surface area contributed by atoms with Crippen LogP contribution in [0.3, 0.4) is 0 Å². The first-order valence-corrected chi connectivity index (χ1v) is 7.85. The molecular weight excluding hydrogens is 298 g/mol. The molecule has 7 heteroatoms. The summed E-state index contributed by atoms with van der Waals surface area (Å²) >= 11 is 0. The Balaban J connectivity index is 2.07. The molecule has 1 aromatic carbocycles. The minimum absolute atomic E-state index is 0.0676. The molecule has 0 unspecified atom stereocenters. The maximum Gasteiger partial charge on any atom is 0.311 e. The fourth-order valence-corrected chi connectivity index (χ4v) is 2.68. The van der Waals surface area contributed by atoms with Gasteiger partial charge >= 0.3 is 5.69 Å². The number of hydrogen-bond donors (Lipinski definition) is 2. The Kier molecular flexibility index (Phi) is 5.54. The maximum atomic E-state index is 12.3. The van der Waals surface area contributed by atoms with E-state index in [1.807, 2.05) is 0 Å². The third-order valence-corrected chi connectivity index (χ3v) is 4.20. The van der Waals surface area contributed by atoms with Gasteiger partial charge in [0.2, 0.25) is 0 Å². The average molecular weight is 321 g/mol. The largest absolute Gasteiger partial charge is 0.487 e. The summed E-state index contributed by atoms with van der Waals surface area (Å²) in [5.74, 6) is -0.115. The van der Waals surface area contributed by atoms with Gasteiger partial charge in [-0.1, -0.05) is 6.92 Å². The monoisotopic (exact) mass is 321 g/mol. The summed E-state index contributed by atoms with van der Waals surface area (Å²) in [5, 5.41) is 17.3. The zero-order chi connectivity index (χ0) is 16.9. The van der Waals surface area contributed by atoms with Crippen molar-refractivity contribution in [3.05, 3.63) is 33.9 Å². The molecule has 1 aromatic rings. The molecule has 23 heavy (non-hydrogen) atoms. The molecule has 0 aliphatic carbocycles. The summed E-state index contributed by atoms with van der Waals surface area (Å²) in [6, 6.07) is 4.30. The van der Waals surface area contributed by atoms with E-state index in [2.05, 4.69) is 17.6 Å². The molecule has 2 rings (SSSR count). The second-order valence-electron chi connectivity index (χ2n) is 6.12. The highest BCUT2D eigenvalue weighted by Gasteiger charge is 2.27. The van der Waals surface area contributed by atoms with E-state index in [0.29, 0.717) is 13.2 Å². The van der Waals surface area contributed by atoms with Gasteiger partial charge in [-0.15, -0.1) is 0 Å². The Bertz CT molecular complexity index is 583. The fourth-order valence-electron chi connectivity index (χ4n) is 2.68. The summed E-state index contributed by atoms with van der Waals surface area (Å²) in [4.78, 5) is 22.9. The van der Waals surface area contributed by atoms with Gasteiger partial charge in [0, 0.05) is 18.2 Å². The Labute approximate surface area is 135 Å². The maximum absolute atomic E-state index is 12.3. The van der Waals surface area contributed by atoms with Crippen molar-refractivity contribution in [1.29, 1.82) is 0 Å². The Hall–Kier alpha value is -2.15. The number of rotatable bonds is 6. The van der Waals surface area contributed by atoms with Crippen LogP contribution in [0.2, 0.25) is 0 Å². The van der Waals surface area contributed by atoms with Crippen molar-refractivity contribution in [2.75, 3.05) is 26.2 Å². The van der Waals surface area contributed by atoms with Crippen LogP contribution in [0, 0.1) is 15.5 Å². The van der Waals surface area contributed by atoms with Gasteiger partial charge in [0.1, 0.15) is 0 Å². The summed E-state index contributed by atoms with van der Waals surface area (Å²) in [6.07, 6.45) is 1.99. The van der Waals surface area contributed by atoms with E-state index in [9.17, 15) is 14.9 Å². The number of carbonyl (C=O) groups is 1. The zero-order valence-electron chi connectivity index (χ0n) is 13.6. The lowest BCUT2D eigenvalue weighted by Crippen LogP contribution is -2.42. The van der Waals surface area contributed by atoms with Gasteiger partial charge in [-0.3, -0.25) is 14.9 Å². The van der Waals surface area contributed by atoms with E-state index in [1.165, 1.54) is 12.1 Å². The Morgan fingerprint density at radius 2 is 2.13 bits per heavy atom. The van der Waals surface area contributed by atoms with Gasteiger partial charge in [0.25, 0.3) is 5.91 Å². The lowest BCUT2D eigenvalue weighted by atomic mass is 9.81. The third kappa shape index (κ3) is 4.41. The second-order valence-corrected chi connectivity index (χ2v) is 6.12. The van der Waals surface area contributed by atoms with Crippen LogP contribution < -0.4 is 15.4 Å². The number of nitro groups is 1. The number of nitro benzene ring substituents is 1. The topological polar surface area (TPSA) is 93.5 Å². The number of carbonyl (C=O) groups excluding carboxylic acids is 1. The lowest BCUT2D eigenvalue weighted by Gasteiger charge is -2.34. The van der Waals surface area contributed by atoms with Crippen LogP contribution in [-0.2, 0) is 0 Å². The van der Waals surface area contributed by atoms with Crippen LogP contribution in [-0.4, -0.2) is 37.1 Å². The van der Waals surface area contributed by atoms with Crippen LogP contribution in [0.4, 0.5) is 5.69 Å². The first-order chi connectivity index (χ1) is 10.9. The lowest BCUT2D eigenvalue weighted by molar-refractivity contribution is -0.385. The van der Waals surface area contributed by atoms with Gasteiger partial charge in [-0.25, -0.2) is 0 Å². The third-order valence-electron chi connectivity index (χ3n) is 4.20. The van der Waals surface area contributed by atoms with Crippen molar-refractivity contribution < 1.29 is 14.5 Å². The molecule has 126 valence electrons. The second kappa shape index (κ2) is 7.41. The van der Waals surface area contributed by atoms with E-state index in [1.54, 1.807) is 13.0 Å². The van der Waals surface area contributed by atoms with E-state index in [-0.39, 0.29) is 28.3 Å². The average Bonchev–Trinajstić information content (AvgIpc) is 2.54. The summed E-state index contributed by atoms with van der Waals surface area (Å²) in [7, 11) is 0. The fraction of sp³-hybridized carbons (Fsp3) is 0.562. The van der Waals surface area contributed by atoms with Crippen LogP contribution in [0.1, 0.15) is 37.0 Å². The number of nitrogens with zero attached hydrogens (tertiary/aromatic N) is 1. The van der Waals surface area contributed by atoms with Crippen LogP contribution in [0.15, 0.2) is 18.2 Å². The molecule has 1 heterocycles. The molecule has 0 atom stereocenters. The molecule has 0 aromatic heterocycles. The standard InChI is InChI=1S/C16H23N3O4/c1-3-23-14-5-4-12(10-13(14)19(21)22)15(20)18-11-16(2)6-8-17-9-7-16/h4-5,10,17H,3,6-9,11H2,1-2H3,(H,18,20). The predicted octanol–water partition coefficient (Wildman–Crippen LogP) is 2.11. The molecule has 1 saturated heterocycles. The molecule has 0 saturated carbocycles. The Morgan fingerprint density at radius 1 is 1.43 bits per heavy atom. The normalized spacial score (nSPS) is 16.6. The molecule has 7 nitrogen and oxygen atoms in total. The summed E-state index contributed by atoms with van der Waals surface area (Å²) in [6.45, 7) is 6.69. The van der Waals surface area contributed by atoms with Crippen molar-refractivity contribution in [3.63, 3.8) is 0 Å². The summed E-state index contributed by atoms with van der Waals surface area (Å²) < 4.78 is 5.22. The van der Waals surface area contributed by atoms with Crippen molar-refractivity contribution in [2.24, 2.45) is 5.41 Å². The number of piperidine rings is 1. The molecule has 0 radical (unpaired) electrons. The van der Waals surface area contributed by atoms with Crippen LogP contribution in [0.5, 0.6) is 5.75 Å². The highest BCUT2D eigenvalue weighted by Crippen LogP contribution is 2.29. The van der Waals surface area contributed by atoms with Crippen molar-refractivity contribution in [3.8, 4) is 5.75 Å². The minimum atomic E-state index is -0.532. The number of hydrogen-bond acceptors (Lipinski definition) is 5. The quantitative estimate of drug-likeness (QED) is 0.618. The Morgan fingerprint density at radius 3 is 2.74 bits per heavy atom. The smallest absolute Gasteiger partial charge is 0.311 e. The van der Waals surface area contributed by atoms with Gasteiger partial charge in [0.05, 0.1) is 11.5 Å². The van der Waals surface area contributed by atoms with Crippen LogP contribution >= 0.6 is 0 Å². The highest BCUT2D eigenvalue weighted by atomic mass is 16.6. The van der Waals surface area contributed by atoms with E-state index in [4.69, 9.17) is 4.74 Å². The molecular formula is C16H23N3O4. The molecule has 1 aliphatic heterocycles. The van der Waals surface area contributed by atoms with Crippen molar-refractivity contribution in [2.45, 2.75) is 26.7 Å². The number of ether oxygens (including phenoxy) is 1. The van der Waals surface area contributed by atoms with Gasteiger partial charge < -0.3 is 15.4 Å². The molecule has 1 fully saturated rings. The highest BCUT2D eigenvalue weighted by molar-refractivity contribution is 5.95. The molecule has 0 bridgehead atoms. The predicted molar refractivity (Wildman–Crippen MR) is 86.8 cm³/mol. The first kappa shape index (κ1) is 17.2. The van der Waals surface area contributed by atoms with Crippen LogP contribution in [0.25, 0.3) is 0 Å². The van der Waals surface area contributed by atoms with E-state index < -0.39 is 4.92 Å². The molecule has 1 aliphatic rings. The van der Waals surface area contributed by atoms with E-state index >= 15 is 0 Å². The molecule has 0 spiro atoms.